The molecule has 0 aliphatic carbocycles. The third-order valence-corrected chi connectivity index (χ3v) is 1.77. The number of nitrogens with zero attached hydrogens (tertiary/aromatic N) is 2. The number of hydrazone groups is 1. The van der Waals surface area contributed by atoms with Gasteiger partial charge in [0.2, 0.25) is 5.13 Å². The fourth-order valence-electron chi connectivity index (χ4n) is 0.525. The molecule has 1 heterocycles. The molecule has 0 unspecified atom stereocenters. The second-order valence-electron chi connectivity index (χ2n) is 1.79. The van der Waals surface area contributed by atoms with Gasteiger partial charge in [0.15, 0.2) is 0 Å². The lowest BCUT2D eigenvalue weighted by Gasteiger charge is -1.88. The van der Waals surface area contributed by atoms with Crippen LogP contribution in [0.1, 0.15) is 12.6 Å². The van der Waals surface area contributed by atoms with Crippen LogP contribution < -0.4 is 5.43 Å². The maximum atomic E-state index is 4.14. The van der Waals surface area contributed by atoms with E-state index in [1.54, 1.807) is 17.6 Å². The summed E-state index contributed by atoms with van der Waals surface area (Å²) in [6.07, 6.45) is 1.69. The summed E-state index contributed by atoms with van der Waals surface area (Å²) in [7, 11) is 0. The first-order chi connectivity index (χ1) is 4.83. The van der Waals surface area contributed by atoms with Gasteiger partial charge in [0.1, 0.15) is 0 Å². The van der Waals surface area contributed by atoms with Crippen LogP contribution in [0.25, 0.3) is 0 Å². The minimum atomic E-state index is 0.843. The van der Waals surface area contributed by atoms with E-state index in [0.29, 0.717) is 0 Å². The molecule has 54 valence electrons. The Hall–Kier alpha value is -0.900. The van der Waals surface area contributed by atoms with Crippen LogP contribution in [0.2, 0.25) is 0 Å². The van der Waals surface area contributed by atoms with Crippen LogP contribution in [-0.4, -0.2) is 11.2 Å². The normalized spacial score (nSPS) is 10.6. The van der Waals surface area contributed by atoms with E-state index in [9.17, 15) is 0 Å². The molecule has 0 bridgehead atoms. The van der Waals surface area contributed by atoms with Crippen LogP contribution in [0.4, 0.5) is 5.13 Å². The van der Waals surface area contributed by atoms with Gasteiger partial charge in [-0.1, -0.05) is 0 Å². The van der Waals surface area contributed by atoms with Gasteiger partial charge in [-0.3, -0.25) is 5.43 Å². The Labute approximate surface area is 63.8 Å². The molecule has 1 aromatic rings. The molecule has 0 amide bonds. The number of hydrogen-bond donors (Lipinski definition) is 1. The molecule has 1 rings (SSSR count). The molecule has 0 saturated carbocycles. The van der Waals surface area contributed by atoms with E-state index in [2.05, 4.69) is 15.5 Å². The fraction of sp³-hybridized carbons (Fsp3) is 0.333. The highest BCUT2D eigenvalue weighted by molar-refractivity contribution is 7.13. The van der Waals surface area contributed by atoms with Crippen molar-refractivity contribution >= 4 is 22.7 Å². The van der Waals surface area contributed by atoms with E-state index in [0.717, 1.165) is 10.8 Å². The van der Waals surface area contributed by atoms with E-state index in [1.807, 2.05) is 19.2 Å². The van der Waals surface area contributed by atoms with Crippen LogP contribution in [0.3, 0.4) is 0 Å². The Balaban J connectivity index is 2.58. The Morgan fingerprint density at radius 1 is 1.80 bits per heavy atom. The van der Waals surface area contributed by atoms with Gasteiger partial charge in [0.25, 0.3) is 0 Å². The molecule has 0 spiro atoms. The predicted octanol–water partition coefficient (Wildman–Crippen LogP) is 1.87. The predicted molar refractivity (Wildman–Crippen MR) is 44.6 cm³/mol. The molecular weight excluding hydrogens is 146 g/mol. The largest absolute Gasteiger partial charge is 0.253 e. The Bertz CT molecular complexity index is 229. The zero-order valence-electron chi connectivity index (χ0n) is 5.96. The van der Waals surface area contributed by atoms with Gasteiger partial charge in [-0.25, -0.2) is 4.98 Å². The molecule has 3 nitrogen and oxygen atoms in total. The molecule has 0 fully saturated rings. The second kappa shape index (κ2) is 3.31. The SMILES string of the molecule is CC=NNc1nc(C)cs1. The van der Waals surface area contributed by atoms with E-state index in [1.165, 1.54) is 0 Å². The van der Waals surface area contributed by atoms with Crippen LogP contribution in [-0.2, 0) is 0 Å². The topological polar surface area (TPSA) is 37.3 Å². The van der Waals surface area contributed by atoms with Crippen molar-refractivity contribution < 1.29 is 0 Å². The number of nitrogens with one attached hydrogen (secondary N) is 1. The van der Waals surface area contributed by atoms with Crippen molar-refractivity contribution in [3.63, 3.8) is 0 Å². The van der Waals surface area contributed by atoms with Gasteiger partial charge >= 0.3 is 0 Å². The quantitative estimate of drug-likeness (QED) is 0.523. The third-order valence-electron chi connectivity index (χ3n) is 0.908. The summed E-state index contributed by atoms with van der Waals surface area (Å²) in [5.74, 6) is 0. The summed E-state index contributed by atoms with van der Waals surface area (Å²) in [4.78, 5) is 4.14. The average Bonchev–Trinajstić information content (AvgIpc) is 2.31. The highest BCUT2D eigenvalue weighted by Crippen LogP contribution is 2.13. The van der Waals surface area contributed by atoms with Crippen molar-refractivity contribution in [2.45, 2.75) is 13.8 Å². The van der Waals surface area contributed by atoms with E-state index < -0.39 is 0 Å². The summed E-state index contributed by atoms with van der Waals surface area (Å²) >= 11 is 1.55. The Morgan fingerprint density at radius 2 is 2.60 bits per heavy atom. The van der Waals surface area contributed by atoms with Crippen molar-refractivity contribution in [3.8, 4) is 0 Å². The molecular formula is C6H9N3S. The van der Waals surface area contributed by atoms with Gasteiger partial charge in [0.05, 0.1) is 5.69 Å². The molecule has 0 saturated heterocycles. The van der Waals surface area contributed by atoms with E-state index >= 15 is 0 Å². The number of aryl methyl sites for hydroxylation is 1. The number of rotatable bonds is 2. The van der Waals surface area contributed by atoms with Crippen molar-refractivity contribution in [2.24, 2.45) is 5.10 Å². The van der Waals surface area contributed by atoms with Gasteiger partial charge in [-0.2, -0.15) is 5.10 Å². The zero-order chi connectivity index (χ0) is 7.40. The van der Waals surface area contributed by atoms with Crippen LogP contribution in [0, 0.1) is 6.92 Å². The first-order valence-corrected chi connectivity index (χ1v) is 3.86. The first-order valence-electron chi connectivity index (χ1n) is 2.98. The molecule has 1 aromatic heterocycles. The van der Waals surface area contributed by atoms with Gasteiger partial charge in [0, 0.05) is 11.6 Å². The molecule has 0 aliphatic heterocycles. The maximum absolute atomic E-state index is 4.14. The van der Waals surface area contributed by atoms with Crippen molar-refractivity contribution in [1.82, 2.24) is 4.98 Å². The fourth-order valence-corrected chi connectivity index (χ4v) is 1.16. The molecule has 0 atom stereocenters. The molecule has 0 aliphatic rings. The molecule has 1 N–H and O–H groups in total. The monoisotopic (exact) mass is 155 g/mol. The van der Waals surface area contributed by atoms with Crippen LogP contribution in [0.5, 0.6) is 0 Å². The lowest BCUT2D eigenvalue weighted by molar-refractivity contribution is 1.22. The Kier molecular flexibility index (Phi) is 2.39. The van der Waals surface area contributed by atoms with Gasteiger partial charge < -0.3 is 0 Å². The van der Waals surface area contributed by atoms with E-state index in [-0.39, 0.29) is 0 Å². The third kappa shape index (κ3) is 1.80. The molecule has 0 radical (unpaired) electrons. The zero-order valence-corrected chi connectivity index (χ0v) is 6.77. The summed E-state index contributed by atoms with van der Waals surface area (Å²) in [6, 6.07) is 0. The number of thiazole rings is 1. The number of anilines is 1. The Morgan fingerprint density at radius 3 is 3.10 bits per heavy atom. The van der Waals surface area contributed by atoms with E-state index in [4.69, 9.17) is 0 Å². The van der Waals surface area contributed by atoms with Gasteiger partial charge in [-0.15, -0.1) is 11.3 Å². The number of hydrogen-bond acceptors (Lipinski definition) is 4. The second-order valence-corrected chi connectivity index (χ2v) is 2.65. The number of aromatic nitrogens is 1. The lowest BCUT2D eigenvalue weighted by Crippen LogP contribution is -1.85. The molecule has 4 heteroatoms. The van der Waals surface area contributed by atoms with Gasteiger partial charge in [-0.05, 0) is 13.8 Å². The summed E-state index contributed by atoms with van der Waals surface area (Å²) in [6.45, 7) is 3.81. The summed E-state index contributed by atoms with van der Waals surface area (Å²) in [5, 5.41) is 6.65. The summed E-state index contributed by atoms with van der Waals surface area (Å²) in [5.41, 5.74) is 3.82. The maximum Gasteiger partial charge on any atom is 0.203 e. The van der Waals surface area contributed by atoms with Crippen LogP contribution in [0.15, 0.2) is 10.5 Å². The van der Waals surface area contributed by atoms with Crippen molar-refractivity contribution in [2.75, 3.05) is 5.43 Å². The van der Waals surface area contributed by atoms with Crippen LogP contribution >= 0.6 is 11.3 Å². The smallest absolute Gasteiger partial charge is 0.203 e. The van der Waals surface area contributed by atoms with Crippen molar-refractivity contribution in [3.05, 3.63) is 11.1 Å². The first kappa shape index (κ1) is 7.21. The average molecular weight is 155 g/mol. The summed E-state index contributed by atoms with van der Waals surface area (Å²) < 4.78 is 0. The molecule has 0 aromatic carbocycles. The highest BCUT2D eigenvalue weighted by Gasteiger charge is 1.92. The minimum absolute atomic E-state index is 0.843. The minimum Gasteiger partial charge on any atom is -0.253 e. The molecule has 10 heavy (non-hydrogen) atoms. The lowest BCUT2D eigenvalue weighted by atomic mass is 10.6. The standard InChI is InChI=1S/C6H9N3S/c1-3-7-9-6-8-5(2)4-10-6/h3-4H,1-2H3,(H,8,9). The highest BCUT2D eigenvalue weighted by atomic mass is 32.1. The van der Waals surface area contributed by atoms with Crippen molar-refractivity contribution in [1.29, 1.82) is 0 Å².